The van der Waals surface area contributed by atoms with Crippen molar-refractivity contribution in [3.05, 3.63) is 66.1 Å². The lowest BCUT2D eigenvalue weighted by molar-refractivity contribution is 0.0983. The van der Waals surface area contributed by atoms with Crippen molar-refractivity contribution in [2.75, 3.05) is 17.7 Å². The van der Waals surface area contributed by atoms with Crippen LogP contribution in [0.1, 0.15) is 67.1 Å². The summed E-state index contributed by atoms with van der Waals surface area (Å²) in [5.74, 6) is 0.0285. The average molecular weight is 508 g/mol. The van der Waals surface area contributed by atoms with E-state index in [1.54, 1.807) is 35.9 Å². The Hall–Kier alpha value is -3.26. The van der Waals surface area contributed by atoms with E-state index in [2.05, 4.69) is 4.98 Å². The minimum atomic E-state index is -3.41. The molecule has 1 aliphatic rings. The number of nitrogens with zero attached hydrogens (tertiary/aromatic N) is 3. The summed E-state index contributed by atoms with van der Waals surface area (Å²) in [6.07, 6.45) is 5.27. The van der Waals surface area contributed by atoms with Crippen LogP contribution >= 0.6 is 0 Å². The van der Waals surface area contributed by atoms with Crippen LogP contribution in [0.2, 0.25) is 0 Å². The van der Waals surface area contributed by atoms with E-state index in [0.29, 0.717) is 29.2 Å². The number of carbonyl (C=O) groups is 2. The Morgan fingerprint density at radius 2 is 1.64 bits per heavy atom. The van der Waals surface area contributed by atoms with E-state index in [-0.39, 0.29) is 34.1 Å². The molecule has 3 aromatic rings. The van der Waals surface area contributed by atoms with E-state index in [4.69, 9.17) is 0 Å². The van der Waals surface area contributed by atoms with Crippen LogP contribution in [0, 0.1) is 5.92 Å². The molecule has 4 rings (SSSR count). The van der Waals surface area contributed by atoms with Gasteiger partial charge in [-0.2, -0.15) is 0 Å². The van der Waals surface area contributed by atoms with E-state index in [9.17, 15) is 18.0 Å². The lowest BCUT2D eigenvalue weighted by Gasteiger charge is -2.21. The predicted octanol–water partition coefficient (Wildman–Crippen LogP) is 5.40. The molecule has 0 aliphatic heterocycles. The molecule has 8 heteroatoms. The van der Waals surface area contributed by atoms with Gasteiger partial charge < -0.3 is 9.47 Å². The molecule has 1 saturated carbocycles. The summed E-state index contributed by atoms with van der Waals surface area (Å²) < 4.78 is 27.7. The molecule has 0 unspecified atom stereocenters. The monoisotopic (exact) mass is 507 g/mol. The van der Waals surface area contributed by atoms with Gasteiger partial charge >= 0.3 is 0 Å². The number of carbonyl (C=O) groups excluding carboxylic acids is 2. The number of hydrogen-bond donors (Lipinski definition) is 0. The Balaban J connectivity index is 1.71. The zero-order valence-corrected chi connectivity index (χ0v) is 21.9. The number of sulfone groups is 1. The summed E-state index contributed by atoms with van der Waals surface area (Å²) in [4.78, 5) is 32.4. The fourth-order valence-electron chi connectivity index (χ4n) is 4.96. The zero-order chi connectivity index (χ0) is 25.9. The third kappa shape index (κ3) is 5.28. The van der Waals surface area contributed by atoms with Crippen LogP contribution in [-0.2, 0) is 16.4 Å². The second-order valence-corrected chi connectivity index (χ2v) is 11.5. The number of rotatable bonds is 8. The lowest BCUT2D eigenvalue weighted by Crippen LogP contribution is -2.29. The van der Waals surface area contributed by atoms with Gasteiger partial charge in [-0.3, -0.25) is 9.59 Å². The molecule has 1 aliphatic carbocycles. The number of hydrogen-bond acceptors (Lipinski definition) is 5. The Labute approximate surface area is 213 Å². The van der Waals surface area contributed by atoms with Gasteiger partial charge in [-0.05, 0) is 49.9 Å². The van der Waals surface area contributed by atoms with Crippen molar-refractivity contribution in [3.63, 3.8) is 0 Å². The number of anilines is 1. The smallest absolute Gasteiger partial charge is 0.276 e. The maximum absolute atomic E-state index is 13.7. The summed E-state index contributed by atoms with van der Waals surface area (Å²) in [6, 6.07) is 15.8. The average Bonchev–Trinajstić information content (AvgIpc) is 3.29. The first-order chi connectivity index (χ1) is 17.2. The minimum Gasteiger partial charge on any atom is -0.317 e. The first-order valence-corrected chi connectivity index (χ1v) is 14.2. The summed E-state index contributed by atoms with van der Waals surface area (Å²) in [6.45, 7) is 3.67. The van der Waals surface area contributed by atoms with Crippen molar-refractivity contribution >= 4 is 27.2 Å². The van der Waals surface area contributed by atoms with E-state index in [1.165, 1.54) is 18.2 Å². The Morgan fingerprint density at radius 1 is 1.00 bits per heavy atom. The first kappa shape index (κ1) is 25.8. The molecule has 190 valence electrons. The van der Waals surface area contributed by atoms with E-state index in [1.807, 2.05) is 37.3 Å². The van der Waals surface area contributed by atoms with E-state index >= 15 is 0 Å². The molecule has 0 atom stereocenters. The van der Waals surface area contributed by atoms with Crippen LogP contribution in [-0.4, -0.2) is 42.5 Å². The van der Waals surface area contributed by atoms with Crippen LogP contribution in [0.5, 0.6) is 0 Å². The topological polar surface area (TPSA) is 89.3 Å². The first-order valence-electron chi connectivity index (χ1n) is 12.5. The lowest BCUT2D eigenvalue weighted by atomic mass is 9.91. The van der Waals surface area contributed by atoms with Gasteiger partial charge in [0.15, 0.2) is 21.4 Å². The van der Waals surface area contributed by atoms with Gasteiger partial charge in [0, 0.05) is 31.8 Å². The molecule has 0 saturated heterocycles. The molecule has 0 bridgehead atoms. The molecule has 0 radical (unpaired) electrons. The highest BCUT2D eigenvalue weighted by atomic mass is 32.2. The van der Waals surface area contributed by atoms with Crippen molar-refractivity contribution in [1.82, 2.24) is 9.55 Å². The highest BCUT2D eigenvalue weighted by Gasteiger charge is 2.28. The van der Waals surface area contributed by atoms with Crippen LogP contribution in [0.3, 0.4) is 0 Å². The maximum atomic E-state index is 13.7. The minimum absolute atomic E-state index is 0.164. The molecule has 1 fully saturated rings. The van der Waals surface area contributed by atoms with Crippen LogP contribution in [0.15, 0.2) is 59.5 Å². The molecule has 1 heterocycles. The third-order valence-electron chi connectivity index (χ3n) is 6.92. The summed E-state index contributed by atoms with van der Waals surface area (Å²) >= 11 is 0. The number of Topliss-reactive ketones (excluding diaryl/α,β-unsaturated/α-hetero) is 1. The van der Waals surface area contributed by atoms with Gasteiger partial charge in [0.1, 0.15) is 11.4 Å². The van der Waals surface area contributed by atoms with Gasteiger partial charge in [0.05, 0.1) is 10.6 Å². The molecule has 0 N–H and O–H groups in total. The van der Waals surface area contributed by atoms with Gasteiger partial charge in [-0.25, -0.2) is 13.4 Å². The van der Waals surface area contributed by atoms with Crippen LogP contribution in [0.4, 0.5) is 5.69 Å². The Kier molecular flexibility index (Phi) is 7.73. The fourth-order valence-corrected chi connectivity index (χ4v) is 6.65. The molecule has 1 amide bonds. The summed E-state index contributed by atoms with van der Waals surface area (Å²) in [5, 5.41) is 0. The van der Waals surface area contributed by atoms with Gasteiger partial charge in [-0.15, -0.1) is 0 Å². The van der Waals surface area contributed by atoms with Gasteiger partial charge in [-0.1, -0.05) is 49.6 Å². The highest BCUT2D eigenvalue weighted by Crippen LogP contribution is 2.30. The third-order valence-corrected chi connectivity index (χ3v) is 8.82. The molecule has 2 aromatic carbocycles. The Morgan fingerprint density at radius 3 is 2.22 bits per heavy atom. The number of benzene rings is 2. The number of para-hydroxylation sites is 1. The number of aromatic nitrogens is 2. The molecular formula is C28H33N3O4S. The molecule has 36 heavy (non-hydrogen) atoms. The van der Waals surface area contributed by atoms with E-state index in [0.717, 1.165) is 25.7 Å². The number of amides is 1. The van der Waals surface area contributed by atoms with Crippen LogP contribution in [0.25, 0.3) is 11.3 Å². The maximum Gasteiger partial charge on any atom is 0.276 e. The summed E-state index contributed by atoms with van der Waals surface area (Å²) in [7, 11) is -1.73. The van der Waals surface area contributed by atoms with Gasteiger partial charge in [0.25, 0.3) is 5.91 Å². The molecule has 1 aromatic heterocycles. The van der Waals surface area contributed by atoms with Crippen LogP contribution < -0.4 is 4.90 Å². The highest BCUT2D eigenvalue weighted by molar-refractivity contribution is 7.91. The van der Waals surface area contributed by atoms with Crippen molar-refractivity contribution in [2.45, 2.75) is 57.4 Å². The molecule has 7 nitrogen and oxygen atoms in total. The standard InChI is InChI=1S/C28H33N3O4S/c1-4-31-26(28(33)30(3)23-13-9-6-10-14-23)25(29-27(31)20(2)32)22-15-17-24(18-16-22)36(34,35)19-21-11-7-5-8-12-21/h6,9-10,13-18,21H,4-5,7-8,11-12,19H2,1-3H3. The second kappa shape index (κ2) is 10.8. The van der Waals surface area contributed by atoms with Crippen molar-refractivity contribution in [1.29, 1.82) is 0 Å². The Bertz CT molecular complexity index is 1340. The van der Waals surface area contributed by atoms with Gasteiger partial charge in [0.2, 0.25) is 0 Å². The SMILES string of the molecule is CCn1c(C(C)=O)nc(-c2ccc(S(=O)(=O)CC3CCCCC3)cc2)c1C(=O)N(C)c1ccccc1. The van der Waals surface area contributed by atoms with Crippen molar-refractivity contribution in [2.24, 2.45) is 5.92 Å². The van der Waals surface area contributed by atoms with E-state index < -0.39 is 9.84 Å². The number of ketones is 1. The number of imidazole rings is 1. The summed E-state index contributed by atoms with van der Waals surface area (Å²) in [5.41, 5.74) is 1.97. The molecule has 0 spiro atoms. The van der Waals surface area contributed by atoms with Crippen molar-refractivity contribution < 1.29 is 18.0 Å². The normalized spacial score (nSPS) is 14.5. The fraction of sp³-hybridized carbons (Fsp3) is 0.393. The van der Waals surface area contributed by atoms with Crippen molar-refractivity contribution in [3.8, 4) is 11.3 Å². The second-order valence-electron chi connectivity index (χ2n) is 9.44. The quantitative estimate of drug-likeness (QED) is 0.381. The molecular weight excluding hydrogens is 474 g/mol. The largest absolute Gasteiger partial charge is 0.317 e. The predicted molar refractivity (Wildman–Crippen MR) is 141 cm³/mol. The zero-order valence-electron chi connectivity index (χ0n) is 21.1.